The van der Waals surface area contributed by atoms with Gasteiger partial charge >= 0.3 is 17.9 Å². The van der Waals surface area contributed by atoms with Crippen LogP contribution in [0.1, 0.15) is 361 Å². The molecule has 0 saturated heterocycles. The molecule has 1 atom stereocenters. The Morgan fingerprint density at radius 1 is 0.235 bits per heavy atom. The lowest BCUT2D eigenvalue weighted by atomic mass is 10.0. The number of unbranched alkanes of at least 4 members (excludes halogenated alkanes) is 47. The molecule has 0 spiro atoms. The summed E-state index contributed by atoms with van der Waals surface area (Å²) in [7, 11) is 0. The van der Waals surface area contributed by atoms with E-state index in [2.05, 4.69) is 20.8 Å². The minimum absolute atomic E-state index is 0.0628. The third kappa shape index (κ3) is 55.3. The fraction of sp³-hybridized carbons (Fsp3) is 0.952. The molecular formula is C62H120O6. The van der Waals surface area contributed by atoms with Gasteiger partial charge in [0.1, 0.15) is 13.2 Å². The van der Waals surface area contributed by atoms with Crippen molar-refractivity contribution >= 4 is 17.9 Å². The highest BCUT2D eigenvalue weighted by molar-refractivity contribution is 5.71. The van der Waals surface area contributed by atoms with Crippen LogP contribution < -0.4 is 0 Å². The first-order valence-electron chi connectivity index (χ1n) is 31.0. The summed E-state index contributed by atoms with van der Waals surface area (Å²) >= 11 is 0. The monoisotopic (exact) mass is 961 g/mol. The molecule has 404 valence electrons. The average Bonchev–Trinajstić information content (AvgIpc) is 3.34. The average molecular weight is 962 g/mol. The van der Waals surface area contributed by atoms with Gasteiger partial charge in [-0.15, -0.1) is 0 Å². The minimum atomic E-state index is -0.758. The van der Waals surface area contributed by atoms with E-state index in [9.17, 15) is 14.4 Å². The van der Waals surface area contributed by atoms with E-state index in [1.807, 2.05) is 0 Å². The van der Waals surface area contributed by atoms with E-state index in [0.717, 1.165) is 57.8 Å². The first-order chi connectivity index (χ1) is 33.5. The van der Waals surface area contributed by atoms with Gasteiger partial charge in [0, 0.05) is 19.3 Å². The molecule has 0 N–H and O–H groups in total. The second kappa shape index (κ2) is 58.0. The molecule has 0 aliphatic heterocycles. The molecule has 0 rings (SSSR count). The lowest BCUT2D eigenvalue weighted by Crippen LogP contribution is -2.30. The van der Waals surface area contributed by atoms with Gasteiger partial charge in [-0.25, -0.2) is 0 Å². The summed E-state index contributed by atoms with van der Waals surface area (Å²) in [6, 6.07) is 0. The van der Waals surface area contributed by atoms with Crippen molar-refractivity contribution in [3.05, 3.63) is 0 Å². The predicted molar refractivity (Wildman–Crippen MR) is 294 cm³/mol. The third-order valence-electron chi connectivity index (χ3n) is 14.4. The molecule has 0 bridgehead atoms. The smallest absolute Gasteiger partial charge is 0.306 e. The highest BCUT2D eigenvalue weighted by atomic mass is 16.6. The molecule has 0 amide bonds. The van der Waals surface area contributed by atoms with Gasteiger partial charge in [0.05, 0.1) is 0 Å². The number of hydrogen-bond donors (Lipinski definition) is 0. The lowest BCUT2D eigenvalue weighted by molar-refractivity contribution is -0.167. The van der Waals surface area contributed by atoms with Crippen molar-refractivity contribution in [1.82, 2.24) is 0 Å². The van der Waals surface area contributed by atoms with Crippen LogP contribution in [-0.2, 0) is 28.6 Å². The third-order valence-corrected chi connectivity index (χ3v) is 14.4. The summed E-state index contributed by atoms with van der Waals surface area (Å²) in [6.07, 6.45) is 66.1. The summed E-state index contributed by atoms with van der Waals surface area (Å²) in [4.78, 5) is 37.7. The quantitative estimate of drug-likeness (QED) is 0.0343. The number of rotatable bonds is 58. The van der Waals surface area contributed by atoms with E-state index >= 15 is 0 Å². The molecule has 0 saturated carbocycles. The Hall–Kier alpha value is -1.59. The molecule has 0 aliphatic carbocycles. The van der Waals surface area contributed by atoms with Gasteiger partial charge in [0.15, 0.2) is 6.10 Å². The largest absolute Gasteiger partial charge is 0.462 e. The van der Waals surface area contributed by atoms with Crippen LogP contribution in [0, 0.1) is 0 Å². The summed E-state index contributed by atoms with van der Waals surface area (Å²) in [5.41, 5.74) is 0. The van der Waals surface area contributed by atoms with Crippen molar-refractivity contribution < 1.29 is 28.6 Å². The van der Waals surface area contributed by atoms with Crippen LogP contribution >= 0.6 is 0 Å². The van der Waals surface area contributed by atoms with Gasteiger partial charge < -0.3 is 14.2 Å². The first kappa shape index (κ1) is 66.4. The maximum Gasteiger partial charge on any atom is 0.306 e. The van der Waals surface area contributed by atoms with Crippen LogP contribution in [-0.4, -0.2) is 37.2 Å². The highest BCUT2D eigenvalue weighted by Crippen LogP contribution is 2.18. The number of hydrogen-bond acceptors (Lipinski definition) is 6. The van der Waals surface area contributed by atoms with E-state index in [1.54, 1.807) is 0 Å². The second-order valence-electron chi connectivity index (χ2n) is 21.3. The van der Waals surface area contributed by atoms with Gasteiger partial charge in [-0.1, -0.05) is 323 Å². The molecule has 0 fully saturated rings. The Bertz CT molecular complexity index is 1010. The van der Waals surface area contributed by atoms with Crippen LogP contribution in [0.2, 0.25) is 0 Å². The SMILES string of the molecule is CCCCCCCCCCCCCCCCCCCCCCCCCCCCCCCCCCCCC(=O)OCC(COC(=O)CCCCCCCCC)OC(=O)CCCCCCCCCCC. The Labute approximate surface area is 425 Å². The molecule has 68 heavy (non-hydrogen) atoms. The number of ether oxygens (including phenoxy) is 3. The van der Waals surface area contributed by atoms with E-state index in [1.165, 1.54) is 263 Å². The summed E-state index contributed by atoms with van der Waals surface area (Å²) in [6.45, 7) is 6.63. The van der Waals surface area contributed by atoms with Crippen molar-refractivity contribution in [2.24, 2.45) is 0 Å². The van der Waals surface area contributed by atoms with Gasteiger partial charge in [-0.2, -0.15) is 0 Å². The van der Waals surface area contributed by atoms with E-state index < -0.39 is 6.10 Å². The minimum Gasteiger partial charge on any atom is -0.462 e. The van der Waals surface area contributed by atoms with E-state index in [0.29, 0.717) is 19.3 Å². The van der Waals surface area contributed by atoms with Crippen LogP contribution in [0.4, 0.5) is 0 Å². The Kier molecular flexibility index (Phi) is 56.6. The van der Waals surface area contributed by atoms with Crippen LogP contribution in [0.25, 0.3) is 0 Å². The Balaban J connectivity index is 3.78. The molecule has 0 radical (unpaired) electrons. The van der Waals surface area contributed by atoms with Gasteiger partial charge in [-0.3, -0.25) is 14.4 Å². The fourth-order valence-corrected chi connectivity index (χ4v) is 9.68. The Morgan fingerprint density at radius 3 is 0.588 bits per heavy atom. The summed E-state index contributed by atoms with van der Waals surface area (Å²) < 4.78 is 16.7. The second-order valence-corrected chi connectivity index (χ2v) is 21.3. The van der Waals surface area contributed by atoms with Crippen LogP contribution in [0.15, 0.2) is 0 Å². The zero-order valence-electron chi connectivity index (χ0n) is 46.4. The maximum atomic E-state index is 12.7. The molecule has 0 aromatic rings. The molecule has 0 heterocycles. The zero-order valence-corrected chi connectivity index (χ0v) is 46.4. The lowest BCUT2D eigenvalue weighted by Gasteiger charge is -2.18. The van der Waals surface area contributed by atoms with E-state index in [4.69, 9.17) is 14.2 Å². The number of carbonyl (C=O) groups is 3. The van der Waals surface area contributed by atoms with Gasteiger partial charge in [0.25, 0.3) is 0 Å². The maximum absolute atomic E-state index is 12.7. The molecule has 0 aromatic carbocycles. The Morgan fingerprint density at radius 2 is 0.397 bits per heavy atom. The molecule has 1 unspecified atom stereocenters. The van der Waals surface area contributed by atoms with Crippen molar-refractivity contribution in [2.75, 3.05) is 13.2 Å². The van der Waals surface area contributed by atoms with Crippen molar-refractivity contribution in [1.29, 1.82) is 0 Å². The topological polar surface area (TPSA) is 78.9 Å². The van der Waals surface area contributed by atoms with Crippen molar-refractivity contribution in [2.45, 2.75) is 367 Å². The number of esters is 3. The van der Waals surface area contributed by atoms with Crippen molar-refractivity contribution in [3.63, 3.8) is 0 Å². The standard InChI is InChI=1S/C62H120O6/c1-4-7-10-13-16-18-19-20-21-22-23-24-25-26-27-28-29-30-31-32-33-34-35-36-37-38-39-40-41-42-44-46-49-52-55-61(64)67-58-59(57-66-60(63)54-51-48-45-15-12-9-6-3)68-62(65)56-53-50-47-43-17-14-11-8-5-2/h59H,4-58H2,1-3H3. The van der Waals surface area contributed by atoms with Crippen LogP contribution in [0.5, 0.6) is 0 Å². The molecular weight excluding hydrogens is 841 g/mol. The molecule has 0 aliphatic rings. The highest BCUT2D eigenvalue weighted by Gasteiger charge is 2.19. The van der Waals surface area contributed by atoms with E-state index in [-0.39, 0.29) is 31.1 Å². The van der Waals surface area contributed by atoms with Gasteiger partial charge in [0.2, 0.25) is 0 Å². The summed E-state index contributed by atoms with van der Waals surface area (Å²) in [5, 5.41) is 0. The van der Waals surface area contributed by atoms with Crippen molar-refractivity contribution in [3.8, 4) is 0 Å². The van der Waals surface area contributed by atoms with Gasteiger partial charge in [-0.05, 0) is 19.3 Å². The molecule has 6 nitrogen and oxygen atoms in total. The van der Waals surface area contributed by atoms with Crippen LogP contribution in [0.3, 0.4) is 0 Å². The summed E-state index contributed by atoms with van der Waals surface area (Å²) in [5.74, 6) is -0.851. The fourth-order valence-electron chi connectivity index (χ4n) is 9.68. The number of carbonyl (C=O) groups excluding carboxylic acids is 3. The molecule has 6 heteroatoms. The normalized spacial score (nSPS) is 11.9. The molecule has 0 aromatic heterocycles. The predicted octanol–water partition coefficient (Wildman–Crippen LogP) is 20.7. The first-order valence-corrected chi connectivity index (χ1v) is 31.0. The zero-order chi connectivity index (χ0) is 49.3.